The van der Waals surface area contributed by atoms with E-state index in [9.17, 15) is 9.59 Å². The highest BCUT2D eigenvalue weighted by molar-refractivity contribution is 7.14. The molecule has 120 valence electrons. The van der Waals surface area contributed by atoms with Crippen molar-refractivity contribution in [3.8, 4) is 0 Å². The minimum absolute atomic E-state index is 0.0166. The molecule has 0 saturated carbocycles. The Hall–Kier alpha value is -1.56. The predicted octanol–water partition coefficient (Wildman–Crippen LogP) is 3.87. The number of nitrogens with zero attached hydrogens (tertiary/aromatic N) is 1. The van der Waals surface area contributed by atoms with Crippen molar-refractivity contribution in [2.45, 2.75) is 25.4 Å². The molecule has 23 heavy (non-hydrogen) atoms. The van der Waals surface area contributed by atoms with E-state index in [1.54, 1.807) is 23.1 Å². The van der Waals surface area contributed by atoms with Gasteiger partial charge in [0, 0.05) is 23.0 Å². The van der Waals surface area contributed by atoms with Gasteiger partial charge in [-0.05, 0) is 41.6 Å². The molecule has 1 fully saturated rings. The Labute approximate surface area is 148 Å². The molecule has 4 nitrogen and oxygen atoms in total. The third-order valence-electron chi connectivity index (χ3n) is 3.73. The molecule has 2 heterocycles. The van der Waals surface area contributed by atoms with Crippen LogP contribution in [0.3, 0.4) is 0 Å². The van der Waals surface area contributed by atoms with Crippen LogP contribution in [-0.2, 0) is 16.1 Å². The molecule has 0 radical (unpaired) electrons. The van der Waals surface area contributed by atoms with E-state index in [0.29, 0.717) is 29.4 Å². The van der Waals surface area contributed by atoms with Crippen LogP contribution in [0, 0.1) is 0 Å². The number of hydrogen-bond acceptors (Lipinski definition) is 3. The lowest BCUT2D eigenvalue weighted by Crippen LogP contribution is -2.44. The smallest absolute Gasteiger partial charge is 0.243 e. The number of carbonyl (C=O) groups excluding carboxylic acids is 2. The number of amides is 2. The number of hydrogen-bond donors (Lipinski definition) is 1. The van der Waals surface area contributed by atoms with Gasteiger partial charge >= 0.3 is 0 Å². The van der Waals surface area contributed by atoms with Gasteiger partial charge in [-0.2, -0.15) is 0 Å². The number of halogens is 2. The highest BCUT2D eigenvalue weighted by Gasteiger charge is 2.37. The molecule has 1 atom stereocenters. The maximum Gasteiger partial charge on any atom is 0.243 e. The van der Waals surface area contributed by atoms with Crippen LogP contribution in [0.4, 0.5) is 5.00 Å². The summed E-state index contributed by atoms with van der Waals surface area (Å²) in [4.78, 5) is 26.1. The van der Waals surface area contributed by atoms with E-state index in [1.807, 2.05) is 17.5 Å². The van der Waals surface area contributed by atoms with Gasteiger partial charge in [-0.1, -0.05) is 29.3 Å². The van der Waals surface area contributed by atoms with Gasteiger partial charge in [0.15, 0.2) is 0 Å². The molecule has 1 aliphatic rings. The van der Waals surface area contributed by atoms with E-state index in [1.165, 1.54) is 11.3 Å². The fraction of sp³-hybridized carbons (Fsp3) is 0.250. The zero-order valence-corrected chi connectivity index (χ0v) is 14.4. The lowest BCUT2D eigenvalue weighted by molar-refractivity contribution is -0.124. The summed E-state index contributed by atoms with van der Waals surface area (Å²) < 4.78 is 0. The maximum absolute atomic E-state index is 12.5. The van der Waals surface area contributed by atoms with Crippen molar-refractivity contribution in [1.82, 2.24) is 5.32 Å². The van der Waals surface area contributed by atoms with Gasteiger partial charge in [0.1, 0.15) is 6.04 Å². The van der Waals surface area contributed by atoms with Gasteiger partial charge in [-0.25, -0.2) is 0 Å². The molecule has 0 bridgehead atoms. The summed E-state index contributed by atoms with van der Waals surface area (Å²) in [6, 6.07) is 8.40. The molecular formula is C16H14Cl2N2O2S. The Bertz CT molecular complexity index is 734. The van der Waals surface area contributed by atoms with Crippen molar-refractivity contribution in [3.63, 3.8) is 0 Å². The second kappa shape index (κ2) is 6.91. The van der Waals surface area contributed by atoms with Crippen molar-refractivity contribution >= 4 is 51.4 Å². The van der Waals surface area contributed by atoms with E-state index in [4.69, 9.17) is 23.2 Å². The molecule has 7 heteroatoms. The Balaban J connectivity index is 1.69. The molecule has 1 aliphatic heterocycles. The topological polar surface area (TPSA) is 49.4 Å². The minimum Gasteiger partial charge on any atom is -0.350 e. The van der Waals surface area contributed by atoms with Gasteiger partial charge in [0.05, 0.1) is 5.00 Å². The fourth-order valence-electron chi connectivity index (χ4n) is 2.58. The van der Waals surface area contributed by atoms with Gasteiger partial charge in [-0.3, -0.25) is 14.5 Å². The van der Waals surface area contributed by atoms with Crippen LogP contribution in [0.2, 0.25) is 10.0 Å². The van der Waals surface area contributed by atoms with E-state index < -0.39 is 6.04 Å². The first-order valence-electron chi connectivity index (χ1n) is 7.13. The monoisotopic (exact) mass is 368 g/mol. The van der Waals surface area contributed by atoms with Crippen LogP contribution in [0.1, 0.15) is 18.4 Å². The molecule has 1 aromatic heterocycles. The lowest BCUT2D eigenvalue weighted by Gasteiger charge is -2.22. The largest absolute Gasteiger partial charge is 0.350 e. The summed E-state index contributed by atoms with van der Waals surface area (Å²) in [5.74, 6) is -0.188. The Morgan fingerprint density at radius 3 is 2.87 bits per heavy atom. The number of carbonyl (C=O) groups is 2. The molecule has 1 saturated heterocycles. The fourth-order valence-corrected chi connectivity index (χ4v) is 3.85. The summed E-state index contributed by atoms with van der Waals surface area (Å²) in [6.45, 7) is 0.303. The second-order valence-corrected chi connectivity index (χ2v) is 6.99. The van der Waals surface area contributed by atoms with Crippen molar-refractivity contribution in [1.29, 1.82) is 0 Å². The third kappa shape index (κ3) is 3.52. The van der Waals surface area contributed by atoms with Crippen LogP contribution in [-0.4, -0.2) is 17.9 Å². The van der Waals surface area contributed by atoms with Crippen molar-refractivity contribution < 1.29 is 9.59 Å². The SMILES string of the molecule is O=C(NCc1ccc(Cl)cc1Cl)C1CCC(=O)N1c1cccs1. The first-order valence-corrected chi connectivity index (χ1v) is 8.77. The minimum atomic E-state index is -0.466. The van der Waals surface area contributed by atoms with Crippen LogP contribution < -0.4 is 10.2 Å². The number of rotatable bonds is 4. The van der Waals surface area contributed by atoms with Gasteiger partial charge in [-0.15, -0.1) is 11.3 Å². The molecule has 1 unspecified atom stereocenters. The Morgan fingerprint density at radius 2 is 2.17 bits per heavy atom. The molecule has 0 aliphatic carbocycles. The zero-order chi connectivity index (χ0) is 16.4. The van der Waals surface area contributed by atoms with Crippen molar-refractivity contribution in [2.75, 3.05) is 4.90 Å². The Morgan fingerprint density at radius 1 is 1.35 bits per heavy atom. The highest BCUT2D eigenvalue weighted by Crippen LogP contribution is 2.30. The molecule has 1 N–H and O–H groups in total. The summed E-state index contributed by atoms with van der Waals surface area (Å²) in [7, 11) is 0. The third-order valence-corrected chi connectivity index (χ3v) is 5.18. The van der Waals surface area contributed by atoms with Gasteiger partial charge in [0.2, 0.25) is 11.8 Å². The van der Waals surface area contributed by atoms with Gasteiger partial charge < -0.3 is 5.32 Å². The lowest BCUT2D eigenvalue weighted by atomic mass is 10.2. The number of nitrogens with one attached hydrogen (secondary N) is 1. The number of benzene rings is 1. The molecule has 0 spiro atoms. The Kier molecular flexibility index (Phi) is 4.90. The maximum atomic E-state index is 12.5. The van der Waals surface area contributed by atoms with E-state index in [0.717, 1.165) is 10.6 Å². The molecule has 2 amide bonds. The first-order chi connectivity index (χ1) is 11.1. The second-order valence-electron chi connectivity index (χ2n) is 5.22. The summed E-state index contributed by atoms with van der Waals surface area (Å²) in [6.07, 6.45) is 0.911. The average molecular weight is 369 g/mol. The zero-order valence-electron chi connectivity index (χ0n) is 12.1. The first kappa shape index (κ1) is 16.3. The molecule has 3 rings (SSSR count). The van der Waals surface area contributed by atoms with Crippen molar-refractivity contribution in [3.05, 3.63) is 51.3 Å². The van der Waals surface area contributed by atoms with Crippen LogP contribution in [0.15, 0.2) is 35.7 Å². The van der Waals surface area contributed by atoms with E-state index in [-0.39, 0.29) is 11.8 Å². The van der Waals surface area contributed by atoms with Gasteiger partial charge in [0.25, 0.3) is 0 Å². The highest BCUT2D eigenvalue weighted by atomic mass is 35.5. The molecule has 1 aromatic carbocycles. The average Bonchev–Trinajstić information content (AvgIpc) is 3.15. The normalized spacial score (nSPS) is 17.6. The van der Waals surface area contributed by atoms with Crippen LogP contribution in [0.5, 0.6) is 0 Å². The molecule has 2 aromatic rings. The summed E-state index contributed by atoms with van der Waals surface area (Å²) >= 11 is 13.4. The van der Waals surface area contributed by atoms with Crippen LogP contribution >= 0.6 is 34.5 Å². The quantitative estimate of drug-likeness (QED) is 0.890. The summed E-state index contributed by atoms with van der Waals surface area (Å²) in [5.41, 5.74) is 0.788. The molecular weight excluding hydrogens is 355 g/mol. The van der Waals surface area contributed by atoms with E-state index in [2.05, 4.69) is 5.32 Å². The van der Waals surface area contributed by atoms with Crippen LogP contribution in [0.25, 0.3) is 0 Å². The number of anilines is 1. The predicted molar refractivity (Wildman–Crippen MR) is 93.1 cm³/mol. The summed E-state index contributed by atoms with van der Waals surface area (Å²) in [5, 5.41) is 6.61. The number of thiophene rings is 1. The van der Waals surface area contributed by atoms with Crippen molar-refractivity contribution in [2.24, 2.45) is 0 Å². The standard InChI is InChI=1S/C16H14Cl2N2O2S/c17-11-4-3-10(12(18)8-11)9-19-16(22)13-5-6-14(21)20(13)15-2-1-7-23-15/h1-4,7-8,13H,5-6,9H2,(H,19,22). The van der Waals surface area contributed by atoms with E-state index >= 15 is 0 Å².